The summed E-state index contributed by atoms with van der Waals surface area (Å²) in [6.45, 7) is 3.49. The second kappa shape index (κ2) is 3.56. The number of hydrogen-bond donors (Lipinski definition) is 1. The van der Waals surface area contributed by atoms with Crippen molar-refractivity contribution >= 4 is 5.78 Å². The van der Waals surface area contributed by atoms with Crippen LogP contribution in [0.4, 0.5) is 0 Å². The third kappa shape index (κ3) is 1.86. The maximum atomic E-state index is 11.2. The predicted molar refractivity (Wildman–Crippen MR) is 49.8 cm³/mol. The molecule has 1 aliphatic rings. The van der Waals surface area contributed by atoms with E-state index in [1.54, 1.807) is 6.92 Å². The molecule has 0 unspecified atom stereocenters. The molecule has 0 aromatic heterocycles. The Morgan fingerprint density at radius 1 is 1.33 bits per heavy atom. The minimum absolute atomic E-state index is 0.134. The first kappa shape index (κ1) is 9.72. The highest BCUT2D eigenvalue weighted by atomic mass is 16.1. The van der Waals surface area contributed by atoms with Crippen molar-refractivity contribution in [2.24, 2.45) is 11.7 Å². The van der Waals surface area contributed by atoms with Gasteiger partial charge in [-0.2, -0.15) is 0 Å². The Labute approximate surface area is 74.5 Å². The van der Waals surface area contributed by atoms with E-state index in [0.717, 1.165) is 12.8 Å². The van der Waals surface area contributed by atoms with Crippen LogP contribution in [-0.2, 0) is 4.79 Å². The van der Waals surface area contributed by atoms with E-state index in [4.69, 9.17) is 5.73 Å². The molecule has 0 aliphatic heterocycles. The molecule has 2 heteroatoms. The van der Waals surface area contributed by atoms with Crippen molar-refractivity contribution in [1.29, 1.82) is 0 Å². The minimum atomic E-state index is -0.569. The summed E-state index contributed by atoms with van der Waals surface area (Å²) in [6, 6.07) is 0. The smallest absolute Gasteiger partial charge is 0.149 e. The quantitative estimate of drug-likeness (QED) is 0.685. The molecule has 1 fully saturated rings. The number of rotatable bonds is 2. The fraction of sp³-hybridized carbons (Fsp3) is 0.900. The van der Waals surface area contributed by atoms with Crippen LogP contribution < -0.4 is 5.73 Å². The number of Topliss-reactive ketones (excluding diaryl/α,β-unsaturated/α-hetero) is 1. The van der Waals surface area contributed by atoms with Gasteiger partial charge in [-0.25, -0.2) is 0 Å². The van der Waals surface area contributed by atoms with Gasteiger partial charge in [-0.15, -0.1) is 0 Å². The largest absolute Gasteiger partial charge is 0.319 e. The first-order valence-electron chi connectivity index (χ1n) is 4.85. The van der Waals surface area contributed by atoms with E-state index < -0.39 is 5.54 Å². The van der Waals surface area contributed by atoms with Crippen molar-refractivity contribution in [1.82, 2.24) is 0 Å². The highest BCUT2D eigenvalue weighted by molar-refractivity contribution is 5.85. The molecule has 1 aliphatic carbocycles. The van der Waals surface area contributed by atoms with Crippen molar-refractivity contribution in [3.8, 4) is 0 Å². The molecule has 0 amide bonds. The number of ketones is 1. The van der Waals surface area contributed by atoms with Gasteiger partial charge in [0.2, 0.25) is 0 Å². The maximum Gasteiger partial charge on any atom is 0.149 e. The topological polar surface area (TPSA) is 43.1 Å². The lowest BCUT2D eigenvalue weighted by Crippen LogP contribution is -2.50. The average Bonchev–Trinajstić information content (AvgIpc) is 2.06. The van der Waals surface area contributed by atoms with Crippen LogP contribution in [0.3, 0.4) is 0 Å². The highest BCUT2D eigenvalue weighted by Gasteiger charge is 2.34. The zero-order chi connectivity index (χ0) is 9.19. The lowest BCUT2D eigenvalue weighted by molar-refractivity contribution is -0.123. The summed E-state index contributed by atoms with van der Waals surface area (Å²) in [4.78, 5) is 11.2. The zero-order valence-electron chi connectivity index (χ0n) is 8.10. The molecule has 2 N–H and O–H groups in total. The van der Waals surface area contributed by atoms with Crippen molar-refractivity contribution in [3.05, 3.63) is 0 Å². The van der Waals surface area contributed by atoms with E-state index in [9.17, 15) is 4.79 Å². The van der Waals surface area contributed by atoms with Crippen molar-refractivity contribution in [2.75, 3.05) is 0 Å². The predicted octanol–water partition coefficient (Wildman–Crippen LogP) is 1.87. The molecule has 1 rings (SSSR count). The number of hydrogen-bond acceptors (Lipinski definition) is 2. The van der Waals surface area contributed by atoms with Crippen molar-refractivity contribution < 1.29 is 4.79 Å². The Morgan fingerprint density at radius 3 is 2.25 bits per heavy atom. The fourth-order valence-electron chi connectivity index (χ4n) is 1.99. The van der Waals surface area contributed by atoms with Gasteiger partial charge in [0.15, 0.2) is 0 Å². The van der Waals surface area contributed by atoms with Gasteiger partial charge in [0.05, 0.1) is 5.54 Å². The second-order valence-corrected chi connectivity index (χ2v) is 4.17. The molecular weight excluding hydrogens is 150 g/mol. The number of nitrogens with two attached hydrogens (primary N) is 1. The molecule has 0 spiro atoms. The fourth-order valence-corrected chi connectivity index (χ4v) is 1.99. The van der Waals surface area contributed by atoms with Crippen LogP contribution in [0, 0.1) is 5.92 Å². The SMILES string of the molecule is CC(=O)[C@@](C)(N)C1CCCCC1. The normalized spacial score (nSPS) is 24.9. The van der Waals surface area contributed by atoms with Gasteiger partial charge < -0.3 is 5.73 Å². The summed E-state index contributed by atoms with van der Waals surface area (Å²) >= 11 is 0. The molecule has 0 aromatic rings. The first-order valence-corrected chi connectivity index (χ1v) is 4.85. The van der Waals surface area contributed by atoms with E-state index in [1.165, 1.54) is 19.3 Å². The first-order chi connectivity index (χ1) is 5.55. The average molecular weight is 169 g/mol. The van der Waals surface area contributed by atoms with Gasteiger partial charge >= 0.3 is 0 Å². The summed E-state index contributed by atoms with van der Waals surface area (Å²) in [7, 11) is 0. The van der Waals surface area contributed by atoms with Gasteiger partial charge in [0, 0.05) is 0 Å². The molecule has 12 heavy (non-hydrogen) atoms. The van der Waals surface area contributed by atoms with E-state index >= 15 is 0 Å². The second-order valence-electron chi connectivity index (χ2n) is 4.17. The lowest BCUT2D eigenvalue weighted by Gasteiger charge is -2.34. The summed E-state index contributed by atoms with van der Waals surface area (Å²) in [5.74, 6) is 0.554. The van der Waals surface area contributed by atoms with Crippen LogP contribution in [0.5, 0.6) is 0 Å². The van der Waals surface area contributed by atoms with Gasteiger partial charge in [-0.1, -0.05) is 19.3 Å². The zero-order valence-corrected chi connectivity index (χ0v) is 8.10. The monoisotopic (exact) mass is 169 g/mol. The molecule has 1 atom stereocenters. The Bertz CT molecular complexity index is 169. The standard InChI is InChI=1S/C10H19NO/c1-8(12)10(2,11)9-6-4-3-5-7-9/h9H,3-7,11H2,1-2H3/t10-/m1/s1. The summed E-state index contributed by atoms with van der Waals surface area (Å²) < 4.78 is 0. The summed E-state index contributed by atoms with van der Waals surface area (Å²) in [5, 5.41) is 0. The van der Waals surface area contributed by atoms with Crippen LogP contribution >= 0.6 is 0 Å². The number of carbonyl (C=O) groups excluding carboxylic acids is 1. The third-order valence-electron chi connectivity index (χ3n) is 3.21. The Hall–Kier alpha value is -0.370. The van der Waals surface area contributed by atoms with Crippen molar-refractivity contribution in [3.63, 3.8) is 0 Å². The van der Waals surface area contributed by atoms with Crippen LogP contribution in [0.15, 0.2) is 0 Å². The van der Waals surface area contributed by atoms with Crippen molar-refractivity contribution in [2.45, 2.75) is 51.5 Å². The molecule has 0 heterocycles. The molecule has 0 aromatic carbocycles. The third-order valence-corrected chi connectivity index (χ3v) is 3.21. The van der Waals surface area contributed by atoms with E-state index in [0.29, 0.717) is 5.92 Å². The van der Waals surface area contributed by atoms with E-state index in [2.05, 4.69) is 0 Å². The van der Waals surface area contributed by atoms with Crippen LogP contribution in [0.25, 0.3) is 0 Å². The molecule has 1 saturated carbocycles. The molecule has 2 nitrogen and oxygen atoms in total. The molecule has 70 valence electrons. The van der Waals surface area contributed by atoms with E-state index in [1.807, 2.05) is 6.92 Å². The van der Waals surface area contributed by atoms with Gasteiger partial charge in [-0.3, -0.25) is 4.79 Å². The van der Waals surface area contributed by atoms with Gasteiger partial charge in [0.1, 0.15) is 5.78 Å². The Kier molecular flexibility index (Phi) is 2.89. The van der Waals surface area contributed by atoms with Crippen LogP contribution in [0.1, 0.15) is 46.0 Å². The minimum Gasteiger partial charge on any atom is -0.319 e. The highest BCUT2D eigenvalue weighted by Crippen LogP contribution is 2.31. The molecule has 0 radical (unpaired) electrons. The van der Waals surface area contributed by atoms with Gasteiger partial charge in [0.25, 0.3) is 0 Å². The summed E-state index contributed by atoms with van der Waals surface area (Å²) in [5.41, 5.74) is 5.42. The maximum absolute atomic E-state index is 11.2. The van der Waals surface area contributed by atoms with E-state index in [-0.39, 0.29) is 5.78 Å². The summed E-state index contributed by atoms with van der Waals surface area (Å²) in [6.07, 6.45) is 6.05. The van der Waals surface area contributed by atoms with Crippen LogP contribution in [-0.4, -0.2) is 11.3 Å². The molecule has 0 saturated heterocycles. The van der Waals surface area contributed by atoms with Gasteiger partial charge in [-0.05, 0) is 32.6 Å². The Balaban J connectivity index is 2.59. The molecular formula is C10H19NO. The Morgan fingerprint density at radius 2 is 1.83 bits per heavy atom. The lowest BCUT2D eigenvalue weighted by atomic mass is 9.74. The number of carbonyl (C=O) groups is 1. The van der Waals surface area contributed by atoms with Crippen LogP contribution in [0.2, 0.25) is 0 Å². The molecule has 0 bridgehead atoms.